The first-order valence-electron chi connectivity index (χ1n) is 17.5. The summed E-state index contributed by atoms with van der Waals surface area (Å²) >= 11 is 0. The molecule has 2 amide bonds. The van der Waals surface area contributed by atoms with Gasteiger partial charge in [-0.1, -0.05) is 39.3 Å². The van der Waals surface area contributed by atoms with Gasteiger partial charge in [0.15, 0.2) is 5.76 Å². The molecule has 10 nitrogen and oxygen atoms in total. The SMILES string of the molecule is CC[C@H]1[C@@H](O)C2[C@H](CC[C@]3(C)C([C@H](C)CCNC(=O)NS(=O)(=O)c4ccc(-c5ccno5)cc4C)C(=N)C[C@@H]23)[C@@]2(C)CC[C@@H](O)C[C@@H]12. The smallest absolute Gasteiger partial charge is 0.328 e. The maximum atomic E-state index is 13.1. The lowest BCUT2D eigenvalue weighted by Crippen LogP contribution is -2.62. The number of hydrogen-bond donors (Lipinski definition) is 5. The second-order valence-corrected chi connectivity index (χ2v) is 17.3. The Morgan fingerprint density at radius 1 is 1.13 bits per heavy atom. The number of hydrogen-bond acceptors (Lipinski definition) is 8. The summed E-state index contributed by atoms with van der Waals surface area (Å²) in [5.74, 6) is 1.94. The fourth-order valence-corrected chi connectivity index (χ4v) is 12.3. The lowest BCUT2D eigenvalue weighted by molar-refractivity contribution is -0.203. The van der Waals surface area contributed by atoms with Gasteiger partial charge in [-0.2, -0.15) is 0 Å². The van der Waals surface area contributed by atoms with Crippen LogP contribution >= 0.6 is 0 Å². The molecule has 0 saturated heterocycles. The topological polar surface area (TPSA) is 166 Å². The molecule has 1 aromatic heterocycles. The maximum Gasteiger partial charge on any atom is 0.328 e. The van der Waals surface area contributed by atoms with Crippen LogP contribution in [0.5, 0.6) is 0 Å². The minimum Gasteiger partial charge on any atom is -0.393 e. The molecular formula is C36H52N4O6S. The average molecular weight is 669 g/mol. The average Bonchev–Trinajstić information content (AvgIpc) is 3.63. The fraction of sp³-hybridized carbons (Fsp3) is 0.694. The van der Waals surface area contributed by atoms with Crippen LogP contribution in [-0.4, -0.2) is 54.3 Å². The number of aliphatic hydroxyl groups is 2. The summed E-state index contributed by atoms with van der Waals surface area (Å²) in [6.45, 7) is 11.0. The number of carbonyl (C=O) groups is 1. The number of rotatable bonds is 8. The highest BCUT2D eigenvalue weighted by Crippen LogP contribution is 2.69. The van der Waals surface area contributed by atoms with Crippen LogP contribution in [0.4, 0.5) is 4.79 Å². The molecule has 4 saturated carbocycles. The molecule has 0 radical (unpaired) electrons. The van der Waals surface area contributed by atoms with Gasteiger partial charge in [-0.15, -0.1) is 0 Å². The van der Waals surface area contributed by atoms with Crippen molar-refractivity contribution in [2.45, 2.75) is 103 Å². The Morgan fingerprint density at radius 2 is 1.87 bits per heavy atom. The first-order chi connectivity index (χ1) is 22.2. The zero-order valence-corrected chi connectivity index (χ0v) is 29.1. The number of urea groups is 1. The third kappa shape index (κ3) is 5.84. The number of amides is 2. The van der Waals surface area contributed by atoms with Crippen LogP contribution in [0.1, 0.15) is 84.6 Å². The van der Waals surface area contributed by atoms with E-state index in [-0.39, 0.29) is 58.0 Å². The summed E-state index contributed by atoms with van der Waals surface area (Å²) < 4.78 is 33.4. The van der Waals surface area contributed by atoms with Crippen LogP contribution in [0.2, 0.25) is 0 Å². The summed E-state index contributed by atoms with van der Waals surface area (Å²) in [4.78, 5) is 12.8. The zero-order valence-electron chi connectivity index (χ0n) is 28.3. The van der Waals surface area contributed by atoms with E-state index in [9.17, 15) is 28.8 Å². The third-order valence-corrected chi connectivity index (χ3v) is 14.7. The van der Waals surface area contributed by atoms with Gasteiger partial charge in [0, 0.05) is 29.8 Å². The molecule has 1 aromatic carbocycles. The van der Waals surface area contributed by atoms with Crippen molar-refractivity contribution in [3.05, 3.63) is 36.0 Å². The van der Waals surface area contributed by atoms with E-state index in [1.807, 2.05) is 0 Å². The van der Waals surface area contributed by atoms with E-state index < -0.39 is 22.2 Å². The van der Waals surface area contributed by atoms with E-state index in [2.05, 4.69) is 42.9 Å². The van der Waals surface area contributed by atoms with Crippen molar-refractivity contribution in [1.82, 2.24) is 15.2 Å². The molecule has 0 bridgehead atoms. The summed E-state index contributed by atoms with van der Waals surface area (Å²) in [6.07, 6.45) is 7.67. The molecule has 47 heavy (non-hydrogen) atoms. The van der Waals surface area contributed by atoms with Crippen LogP contribution in [0.3, 0.4) is 0 Å². The van der Waals surface area contributed by atoms with Crippen molar-refractivity contribution >= 4 is 21.8 Å². The number of fused-ring (bicyclic) bond motifs is 5. The largest absolute Gasteiger partial charge is 0.393 e. The molecule has 6 rings (SSSR count). The van der Waals surface area contributed by atoms with E-state index in [0.29, 0.717) is 41.6 Å². The molecule has 4 fully saturated rings. The molecule has 2 aromatic rings. The van der Waals surface area contributed by atoms with Gasteiger partial charge in [0.2, 0.25) is 0 Å². The number of aliphatic hydroxyl groups excluding tert-OH is 2. The van der Waals surface area contributed by atoms with Crippen molar-refractivity contribution in [2.24, 2.45) is 52.3 Å². The number of benzene rings is 1. The second kappa shape index (κ2) is 12.6. The highest BCUT2D eigenvalue weighted by atomic mass is 32.2. The molecule has 2 unspecified atom stereocenters. The summed E-state index contributed by atoms with van der Waals surface area (Å²) in [7, 11) is -4.10. The van der Waals surface area contributed by atoms with Gasteiger partial charge in [0.1, 0.15) is 0 Å². The minimum atomic E-state index is -4.10. The van der Waals surface area contributed by atoms with Gasteiger partial charge in [-0.25, -0.2) is 17.9 Å². The van der Waals surface area contributed by atoms with Gasteiger partial charge in [0.05, 0.1) is 23.3 Å². The van der Waals surface area contributed by atoms with Crippen molar-refractivity contribution in [1.29, 1.82) is 5.41 Å². The van der Waals surface area contributed by atoms with Gasteiger partial charge >= 0.3 is 6.03 Å². The molecule has 258 valence electrons. The Hall–Kier alpha value is -2.76. The van der Waals surface area contributed by atoms with E-state index in [1.165, 1.54) is 12.3 Å². The Bertz CT molecular complexity index is 1600. The lowest BCUT2D eigenvalue weighted by atomic mass is 9.41. The van der Waals surface area contributed by atoms with Crippen LogP contribution in [0.15, 0.2) is 39.9 Å². The standard InChI is InChI=1S/C36H52N4O6S/c1-6-24-26-18-23(41)9-13-35(26,4)25-10-14-36(5)27(31(25)33(24)42)19-28(37)32(36)20(2)11-15-38-34(43)40-47(44,45)30-8-7-22(17-21(30)3)29-12-16-39-46-29/h7-8,12,16-17,20,23-27,31-33,37,41-42H,6,9-11,13-15,18-19H2,1-5H3,(H2,38,40,43)/t20-,23-,24-,25+,26+,27+,31?,32?,33-,35-,36+/m1/s1. The van der Waals surface area contributed by atoms with Crippen molar-refractivity contribution in [3.8, 4) is 11.3 Å². The maximum absolute atomic E-state index is 13.1. The number of aromatic nitrogens is 1. The summed E-state index contributed by atoms with van der Waals surface area (Å²) in [5.41, 5.74) is 1.90. The monoisotopic (exact) mass is 668 g/mol. The van der Waals surface area contributed by atoms with Crippen molar-refractivity contribution in [2.75, 3.05) is 6.54 Å². The van der Waals surface area contributed by atoms with Gasteiger partial charge < -0.3 is 25.5 Å². The molecule has 4 aliphatic rings. The minimum absolute atomic E-state index is 0.0121. The highest BCUT2D eigenvalue weighted by Gasteiger charge is 2.65. The number of nitrogens with zero attached hydrogens (tertiary/aromatic N) is 1. The summed E-state index contributed by atoms with van der Waals surface area (Å²) in [5, 5.41) is 38.2. The normalized spacial score (nSPS) is 37.4. The number of carbonyl (C=O) groups excluding carboxylic acids is 1. The lowest BCUT2D eigenvalue weighted by Gasteiger charge is -2.64. The molecule has 0 spiro atoms. The highest BCUT2D eigenvalue weighted by molar-refractivity contribution is 7.90. The number of aryl methyl sites for hydroxylation is 1. The van der Waals surface area contributed by atoms with Crippen molar-refractivity contribution < 1.29 is 27.9 Å². The predicted octanol–water partition coefficient (Wildman–Crippen LogP) is 5.92. The van der Waals surface area contributed by atoms with Gasteiger partial charge in [-0.05, 0) is 122 Å². The Kier molecular flexibility index (Phi) is 9.15. The second-order valence-electron chi connectivity index (χ2n) is 15.6. The van der Waals surface area contributed by atoms with Crippen LogP contribution in [-0.2, 0) is 10.0 Å². The van der Waals surface area contributed by atoms with Crippen LogP contribution < -0.4 is 10.0 Å². The van der Waals surface area contributed by atoms with E-state index in [0.717, 1.165) is 44.2 Å². The Morgan fingerprint density at radius 3 is 2.55 bits per heavy atom. The molecule has 4 aliphatic carbocycles. The molecule has 11 heteroatoms. The molecule has 5 N–H and O–H groups in total. The van der Waals surface area contributed by atoms with Crippen LogP contribution in [0.25, 0.3) is 11.3 Å². The third-order valence-electron chi connectivity index (χ3n) is 13.2. The Balaban J connectivity index is 1.09. The molecular weight excluding hydrogens is 616 g/mol. The van der Waals surface area contributed by atoms with E-state index in [1.54, 1.807) is 25.1 Å². The molecule has 0 aliphatic heterocycles. The number of nitrogens with one attached hydrogen (secondary N) is 3. The first-order valence-corrected chi connectivity index (χ1v) is 18.9. The van der Waals surface area contributed by atoms with Crippen molar-refractivity contribution in [3.63, 3.8) is 0 Å². The number of sulfonamides is 1. The molecule has 1 heterocycles. The quantitative estimate of drug-likeness (QED) is 0.233. The van der Waals surface area contributed by atoms with Gasteiger partial charge in [0.25, 0.3) is 10.0 Å². The Labute approximate surface area is 279 Å². The van der Waals surface area contributed by atoms with Gasteiger partial charge in [-0.3, -0.25) is 0 Å². The van der Waals surface area contributed by atoms with E-state index >= 15 is 0 Å². The van der Waals surface area contributed by atoms with Crippen LogP contribution in [0, 0.1) is 64.6 Å². The zero-order chi connectivity index (χ0) is 33.9. The predicted molar refractivity (Wildman–Crippen MR) is 179 cm³/mol. The summed E-state index contributed by atoms with van der Waals surface area (Å²) in [6, 6.07) is 5.66. The fourth-order valence-electron chi connectivity index (χ4n) is 11.1. The first kappa shape index (κ1) is 34.1. The molecule has 11 atom stereocenters. The van der Waals surface area contributed by atoms with E-state index in [4.69, 9.17) is 4.52 Å².